The maximum Gasteiger partial charge on any atom is 0.336 e. The molecule has 0 fully saturated rings. The average Bonchev–Trinajstić information content (AvgIpc) is 2.60. The molecule has 0 saturated carbocycles. The van der Waals surface area contributed by atoms with Gasteiger partial charge in [-0.15, -0.1) is 6.42 Å². The molecule has 1 aliphatic rings. The van der Waals surface area contributed by atoms with E-state index >= 15 is 0 Å². The second kappa shape index (κ2) is 7.71. The van der Waals surface area contributed by atoms with Gasteiger partial charge in [-0.2, -0.15) is 0 Å². The number of methoxy groups -OCH3 is 1. The van der Waals surface area contributed by atoms with Crippen molar-refractivity contribution < 1.29 is 19.1 Å². The average molecular weight is 339 g/mol. The Morgan fingerprint density at radius 3 is 2.40 bits per heavy atom. The van der Waals surface area contributed by atoms with E-state index in [4.69, 9.17) is 15.9 Å². The van der Waals surface area contributed by atoms with Crippen molar-refractivity contribution in [3.8, 4) is 12.3 Å². The lowest BCUT2D eigenvalue weighted by molar-refractivity contribution is -0.139. The Bertz CT molecular complexity index is 811. The third kappa shape index (κ3) is 3.58. The van der Waals surface area contributed by atoms with Crippen molar-refractivity contribution in [2.45, 2.75) is 26.7 Å². The molecule has 1 aliphatic heterocycles. The molecule has 5 nitrogen and oxygen atoms in total. The number of esters is 2. The van der Waals surface area contributed by atoms with Crippen LogP contribution in [0.3, 0.4) is 0 Å². The van der Waals surface area contributed by atoms with Crippen molar-refractivity contribution in [2.24, 2.45) is 0 Å². The van der Waals surface area contributed by atoms with Crippen LogP contribution in [0, 0.1) is 12.3 Å². The van der Waals surface area contributed by atoms with Crippen LogP contribution in [0.1, 0.15) is 37.8 Å². The standard InChI is InChI=1S/C20H21NO4/c1-6-14-9-8-10-15(11-14)18-16(19(22)24-5)12(3)21-13(4)17(18)20(23)25-7-2/h1,8-11,18,21H,7H2,2-5H3. The van der Waals surface area contributed by atoms with Crippen molar-refractivity contribution in [1.82, 2.24) is 5.32 Å². The molecule has 1 heterocycles. The van der Waals surface area contributed by atoms with E-state index in [2.05, 4.69) is 11.2 Å². The highest BCUT2D eigenvalue weighted by molar-refractivity contribution is 5.99. The summed E-state index contributed by atoms with van der Waals surface area (Å²) in [5.74, 6) is 0.987. The van der Waals surface area contributed by atoms with Crippen molar-refractivity contribution in [3.63, 3.8) is 0 Å². The molecule has 1 atom stereocenters. The number of hydrogen-bond acceptors (Lipinski definition) is 5. The van der Waals surface area contributed by atoms with E-state index in [9.17, 15) is 9.59 Å². The summed E-state index contributed by atoms with van der Waals surface area (Å²) in [6.45, 7) is 5.53. The second-order valence-corrected chi connectivity index (χ2v) is 5.62. The van der Waals surface area contributed by atoms with Crippen LogP contribution in [-0.2, 0) is 19.1 Å². The molecule has 0 spiro atoms. The van der Waals surface area contributed by atoms with Crippen molar-refractivity contribution in [3.05, 3.63) is 57.9 Å². The van der Waals surface area contributed by atoms with E-state index < -0.39 is 17.9 Å². The third-order valence-electron chi connectivity index (χ3n) is 4.05. The zero-order valence-electron chi connectivity index (χ0n) is 14.8. The predicted molar refractivity (Wildman–Crippen MR) is 94.3 cm³/mol. The highest BCUT2D eigenvalue weighted by atomic mass is 16.5. The molecule has 5 heteroatoms. The van der Waals surface area contributed by atoms with Gasteiger partial charge < -0.3 is 14.8 Å². The van der Waals surface area contributed by atoms with Gasteiger partial charge in [0.1, 0.15) is 0 Å². The summed E-state index contributed by atoms with van der Waals surface area (Å²) in [6.07, 6.45) is 5.50. The van der Waals surface area contributed by atoms with Crippen molar-refractivity contribution in [1.29, 1.82) is 0 Å². The van der Waals surface area contributed by atoms with E-state index in [1.807, 2.05) is 6.07 Å². The molecule has 0 bridgehead atoms. The summed E-state index contributed by atoms with van der Waals surface area (Å²) in [6, 6.07) is 7.22. The Morgan fingerprint density at radius 2 is 1.84 bits per heavy atom. The van der Waals surface area contributed by atoms with Crippen LogP contribution >= 0.6 is 0 Å². The first-order valence-electron chi connectivity index (χ1n) is 7.95. The smallest absolute Gasteiger partial charge is 0.336 e. The maximum absolute atomic E-state index is 12.6. The fourth-order valence-electron chi connectivity index (χ4n) is 3.00. The van der Waals surface area contributed by atoms with Gasteiger partial charge in [-0.25, -0.2) is 9.59 Å². The Kier molecular flexibility index (Phi) is 5.66. The Morgan fingerprint density at radius 1 is 1.20 bits per heavy atom. The third-order valence-corrected chi connectivity index (χ3v) is 4.05. The lowest BCUT2D eigenvalue weighted by Crippen LogP contribution is -2.32. The fourth-order valence-corrected chi connectivity index (χ4v) is 3.00. The number of ether oxygens (including phenoxy) is 2. The van der Waals surface area contributed by atoms with Crippen molar-refractivity contribution >= 4 is 11.9 Å². The molecule has 1 unspecified atom stereocenters. The van der Waals surface area contributed by atoms with Crippen LogP contribution in [0.4, 0.5) is 0 Å². The number of benzene rings is 1. The number of carbonyl (C=O) groups excluding carboxylic acids is 2. The molecule has 0 aliphatic carbocycles. The first-order chi connectivity index (χ1) is 11.9. The Labute approximate surface area is 147 Å². The van der Waals surface area contributed by atoms with Crippen molar-refractivity contribution in [2.75, 3.05) is 13.7 Å². The first kappa shape index (κ1) is 18.3. The molecule has 2 rings (SSSR count). The van der Waals surface area contributed by atoms with Crippen LogP contribution in [0.25, 0.3) is 0 Å². The van der Waals surface area contributed by atoms with Gasteiger partial charge in [0.05, 0.1) is 30.8 Å². The van der Waals surface area contributed by atoms with Gasteiger partial charge in [0.2, 0.25) is 0 Å². The molecule has 130 valence electrons. The highest BCUT2D eigenvalue weighted by Crippen LogP contribution is 2.39. The van der Waals surface area contributed by atoms with Gasteiger partial charge in [0, 0.05) is 17.0 Å². The van der Waals surface area contributed by atoms with E-state index in [0.29, 0.717) is 28.1 Å². The molecule has 0 saturated heterocycles. The van der Waals surface area contributed by atoms with Crippen LogP contribution in [0.5, 0.6) is 0 Å². The molecule has 1 aromatic carbocycles. The van der Waals surface area contributed by atoms with E-state index in [1.165, 1.54) is 7.11 Å². The number of allylic oxidation sites excluding steroid dienone is 2. The van der Waals surface area contributed by atoms with Gasteiger partial charge in [-0.3, -0.25) is 0 Å². The summed E-state index contributed by atoms with van der Waals surface area (Å²) in [4.78, 5) is 25.0. The summed E-state index contributed by atoms with van der Waals surface area (Å²) in [7, 11) is 1.31. The number of dihydropyridines is 1. The topological polar surface area (TPSA) is 64.6 Å². The van der Waals surface area contributed by atoms with E-state index in [0.717, 1.165) is 5.56 Å². The Hall–Kier alpha value is -3.00. The zero-order valence-corrected chi connectivity index (χ0v) is 14.8. The summed E-state index contributed by atoms with van der Waals surface area (Å²) in [5, 5.41) is 3.08. The number of carbonyl (C=O) groups is 2. The van der Waals surface area contributed by atoms with Crippen LogP contribution in [0.15, 0.2) is 46.8 Å². The van der Waals surface area contributed by atoms with Crippen LogP contribution < -0.4 is 5.32 Å². The number of nitrogens with one attached hydrogen (secondary N) is 1. The lowest BCUT2D eigenvalue weighted by Gasteiger charge is -2.30. The SMILES string of the molecule is C#Cc1cccc(C2C(C(=O)OC)=C(C)NC(C)=C2C(=O)OCC)c1. The molecular formula is C20H21NO4. The Balaban J connectivity index is 2.69. The summed E-state index contributed by atoms with van der Waals surface area (Å²) in [5.41, 5.74) is 3.42. The molecule has 0 radical (unpaired) electrons. The highest BCUT2D eigenvalue weighted by Gasteiger charge is 2.37. The van der Waals surface area contributed by atoms with Crippen LogP contribution in [-0.4, -0.2) is 25.7 Å². The van der Waals surface area contributed by atoms with Gasteiger partial charge in [0.15, 0.2) is 0 Å². The van der Waals surface area contributed by atoms with Gasteiger partial charge in [-0.05, 0) is 38.5 Å². The fraction of sp³-hybridized carbons (Fsp3) is 0.300. The molecule has 1 N–H and O–H groups in total. The van der Waals surface area contributed by atoms with E-state index in [-0.39, 0.29) is 6.61 Å². The minimum atomic E-state index is -0.610. The normalized spacial score (nSPS) is 16.8. The monoisotopic (exact) mass is 339 g/mol. The molecule has 0 amide bonds. The van der Waals surface area contributed by atoms with Gasteiger partial charge >= 0.3 is 11.9 Å². The quantitative estimate of drug-likeness (QED) is 0.675. The van der Waals surface area contributed by atoms with E-state index in [1.54, 1.807) is 39.0 Å². The largest absolute Gasteiger partial charge is 0.466 e. The van der Waals surface area contributed by atoms with Gasteiger partial charge in [0.25, 0.3) is 0 Å². The number of terminal acetylenes is 1. The minimum Gasteiger partial charge on any atom is -0.466 e. The number of hydrogen-bond donors (Lipinski definition) is 1. The minimum absolute atomic E-state index is 0.239. The van der Waals surface area contributed by atoms with Gasteiger partial charge in [-0.1, -0.05) is 18.1 Å². The summed E-state index contributed by atoms with van der Waals surface area (Å²) >= 11 is 0. The second-order valence-electron chi connectivity index (χ2n) is 5.62. The molecular weight excluding hydrogens is 318 g/mol. The number of rotatable bonds is 4. The zero-order chi connectivity index (χ0) is 18.6. The maximum atomic E-state index is 12.6. The molecule has 1 aromatic rings. The lowest BCUT2D eigenvalue weighted by atomic mass is 9.80. The summed E-state index contributed by atoms with van der Waals surface area (Å²) < 4.78 is 10.1. The van der Waals surface area contributed by atoms with Crippen LogP contribution in [0.2, 0.25) is 0 Å². The predicted octanol–water partition coefficient (Wildman–Crippen LogP) is 2.64. The molecule has 0 aromatic heterocycles. The first-order valence-corrected chi connectivity index (χ1v) is 7.95. The molecule has 25 heavy (non-hydrogen) atoms.